The highest BCUT2D eigenvalue weighted by molar-refractivity contribution is 5.81. The summed E-state index contributed by atoms with van der Waals surface area (Å²) in [7, 11) is 0. The number of hydrogen-bond acceptors (Lipinski definition) is 0. The smallest absolute Gasteiger partial charge is 0.00574 e. The van der Waals surface area contributed by atoms with Gasteiger partial charge in [-0.1, -0.05) is 59.2 Å². The average Bonchev–Trinajstić information content (AvgIpc) is 3.01. The van der Waals surface area contributed by atoms with Crippen LogP contribution in [-0.2, 0) is 6.42 Å². The van der Waals surface area contributed by atoms with Crippen LogP contribution in [-0.4, -0.2) is 0 Å². The molecule has 7 rings (SSSR count). The summed E-state index contributed by atoms with van der Waals surface area (Å²) in [4.78, 5) is 0. The lowest BCUT2D eigenvalue weighted by Crippen LogP contribution is -2.46. The molecule has 0 radical (unpaired) electrons. The molecular formula is C28H32. The Bertz CT molecular complexity index is 918. The zero-order valence-electron chi connectivity index (χ0n) is 17.4. The van der Waals surface area contributed by atoms with Gasteiger partial charge in [0.25, 0.3) is 0 Å². The third kappa shape index (κ3) is 2.79. The summed E-state index contributed by atoms with van der Waals surface area (Å²) in [5, 5.41) is 0. The van der Waals surface area contributed by atoms with Gasteiger partial charge in [0.1, 0.15) is 0 Å². The van der Waals surface area contributed by atoms with Crippen LogP contribution in [0, 0.1) is 37.0 Å². The van der Waals surface area contributed by atoms with Crippen LogP contribution in [0.15, 0.2) is 42.0 Å². The Morgan fingerprint density at radius 1 is 0.857 bits per heavy atom. The predicted octanol–water partition coefficient (Wildman–Crippen LogP) is 7.52. The zero-order valence-corrected chi connectivity index (χ0v) is 17.4. The van der Waals surface area contributed by atoms with E-state index in [1.165, 1.54) is 59.9 Å². The van der Waals surface area contributed by atoms with Crippen LogP contribution in [0.2, 0.25) is 0 Å². The third-order valence-corrected chi connectivity index (χ3v) is 8.26. The molecule has 0 aromatic heterocycles. The molecule has 0 heteroatoms. The largest absolute Gasteiger partial charge is 0.0646 e. The molecule has 2 aromatic carbocycles. The van der Waals surface area contributed by atoms with Crippen LogP contribution < -0.4 is 0 Å². The molecule has 5 aliphatic carbocycles. The van der Waals surface area contributed by atoms with Gasteiger partial charge < -0.3 is 0 Å². The fourth-order valence-corrected chi connectivity index (χ4v) is 7.92. The lowest BCUT2D eigenvalue weighted by Gasteiger charge is -2.57. The molecule has 0 spiro atoms. The highest BCUT2D eigenvalue weighted by atomic mass is 14.6. The molecule has 2 aromatic rings. The molecule has 0 atom stereocenters. The highest BCUT2D eigenvalue weighted by Crippen LogP contribution is 2.62. The van der Waals surface area contributed by atoms with E-state index in [4.69, 9.17) is 0 Å². The Kier molecular flexibility index (Phi) is 3.71. The molecule has 4 saturated carbocycles. The normalized spacial score (nSPS) is 32.5. The van der Waals surface area contributed by atoms with Crippen molar-refractivity contribution in [2.45, 2.75) is 65.2 Å². The first-order valence-corrected chi connectivity index (χ1v) is 11.5. The molecule has 0 saturated heterocycles. The Morgan fingerprint density at radius 2 is 1.50 bits per heavy atom. The van der Waals surface area contributed by atoms with Crippen molar-refractivity contribution in [2.75, 3.05) is 0 Å². The van der Waals surface area contributed by atoms with Crippen LogP contribution in [0.3, 0.4) is 0 Å². The van der Waals surface area contributed by atoms with E-state index in [9.17, 15) is 0 Å². The van der Waals surface area contributed by atoms with E-state index in [0.29, 0.717) is 5.41 Å². The molecule has 5 aliphatic rings. The standard InChI is InChI=1S/C28H32/c1-18-6-19(2)8-25(7-18)26-5-3-4-24-12-23(13-27(24)26)17-28-14-20-9-21(15-28)11-22(10-20)16-28/h3-8,13,20-22H,9-12,14-17H2,1-2H3. The summed E-state index contributed by atoms with van der Waals surface area (Å²) in [6.07, 6.45) is 14.4. The maximum absolute atomic E-state index is 2.58. The van der Waals surface area contributed by atoms with Crippen LogP contribution in [0.4, 0.5) is 0 Å². The Hall–Kier alpha value is -1.82. The average molecular weight is 369 g/mol. The zero-order chi connectivity index (χ0) is 18.9. The molecule has 0 aliphatic heterocycles. The number of aryl methyl sites for hydroxylation is 2. The SMILES string of the molecule is Cc1cc(C)cc(-c2cccc3c2C=C(CC24CC5CC(CC(C5)C2)C4)C3)c1. The Balaban J connectivity index is 1.33. The number of hydrogen-bond donors (Lipinski definition) is 0. The summed E-state index contributed by atoms with van der Waals surface area (Å²) in [6.45, 7) is 4.43. The van der Waals surface area contributed by atoms with E-state index in [1.807, 2.05) is 0 Å². The first kappa shape index (κ1) is 17.1. The minimum absolute atomic E-state index is 0.655. The molecule has 0 N–H and O–H groups in total. The molecule has 28 heavy (non-hydrogen) atoms. The quantitative estimate of drug-likeness (QED) is 0.525. The Morgan fingerprint density at radius 3 is 2.14 bits per heavy atom. The van der Waals surface area contributed by atoms with Crippen molar-refractivity contribution in [2.24, 2.45) is 23.2 Å². The van der Waals surface area contributed by atoms with Gasteiger partial charge >= 0.3 is 0 Å². The van der Waals surface area contributed by atoms with E-state index in [0.717, 1.165) is 17.8 Å². The van der Waals surface area contributed by atoms with E-state index in [2.05, 4.69) is 56.3 Å². The molecule has 0 amide bonds. The fourth-order valence-electron chi connectivity index (χ4n) is 7.92. The third-order valence-electron chi connectivity index (χ3n) is 8.26. The van der Waals surface area contributed by atoms with Crippen molar-refractivity contribution in [3.05, 3.63) is 64.2 Å². The second-order valence-corrected chi connectivity index (χ2v) is 10.8. The summed E-state index contributed by atoms with van der Waals surface area (Å²) in [6, 6.07) is 14.0. The first-order chi connectivity index (χ1) is 13.6. The second kappa shape index (κ2) is 6.09. The molecule has 4 bridgehead atoms. The molecular weight excluding hydrogens is 336 g/mol. The lowest BCUT2D eigenvalue weighted by atomic mass is 9.48. The van der Waals surface area contributed by atoms with Gasteiger partial charge in [-0.25, -0.2) is 0 Å². The topological polar surface area (TPSA) is 0 Å². The number of benzene rings is 2. The van der Waals surface area contributed by atoms with Gasteiger partial charge in [-0.3, -0.25) is 0 Å². The van der Waals surface area contributed by atoms with Gasteiger partial charge in [-0.2, -0.15) is 0 Å². The van der Waals surface area contributed by atoms with Gasteiger partial charge in [-0.05, 0) is 111 Å². The summed E-state index contributed by atoms with van der Waals surface area (Å²) in [5.41, 5.74) is 11.0. The Labute approximate surface area is 170 Å². The van der Waals surface area contributed by atoms with Crippen LogP contribution >= 0.6 is 0 Å². The predicted molar refractivity (Wildman–Crippen MR) is 118 cm³/mol. The number of rotatable bonds is 3. The van der Waals surface area contributed by atoms with Crippen molar-refractivity contribution in [3.63, 3.8) is 0 Å². The van der Waals surface area contributed by atoms with Gasteiger partial charge in [-0.15, -0.1) is 0 Å². The monoisotopic (exact) mass is 368 g/mol. The van der Waals surface area contributed by atoms with Gasteiger partial charge in [0.05, 0.1) is 0 Å². The number of allylic oxidation sites excluding steroid dienone is 1. The van der Waals surface area contributed by atoms with E-state index in [-0.39, 0.29) is 0 Å². The first-order valence-electron chi connectivity index (χ1n) is 11.5. The van der Waals surface area contributed by atoms with E-state index in [1.54, 1.807) is 30.4 Å². The van der Waals surface area contributed by atoms with Gasteiger partial charge in [0.15, 0.2) is 0 Å². The molecule has 0 unspecified atom stereocenters. The minimum atomic E-state index is 0.655. The molecule has 144 valence electrons. The van der Waals surface area contributed by atoms with Crippen LogP contribution in [0.25, 0.3) is 17.2 Å². The van der Waals surface area contributed by atoms with Gasteiger partial charge in [0, 0.05) is 0 Å². The fraction of sp³-hybridized carbons (Fsp3) is 0.500. The maximum Gasteiger partial charge on any atom is -0.00574 e. The second-order valence-electron chi connectivity index (χ2n) is 10.8. The van der Waals surface area contributed by atoms with Crippen molar-refractivity contribution in [1.82, 2.24) is 0 Å². The van der Waals surface area contributed by atoms with Crippen molar-refractivity contribution in [1.29, 1.82) is 0 Å². The van der Waals surface area contributed by atoms with Crippen LogP contribution in [0.1, 0.15) is 67.2 Å². The highest BCUT2D eigenvalue weighted by Gasteiger charge is 2.50. The summed E-state index contributed by atoms with van der Waals surface area (Å²) in [5.74, 6) is 3.17. The summed E-state index contributed by atoms with van der Waals surface area (Å²) < 4.78 is 0. The van der Waals surface area contributed by atoms with Crippen molar-refractivity contribution >= 4 is 6.08 Å². The van der Waals surface area contributed by atoms with Crippen molar-refractivity contribution in [3.8, 4) is 11.1 Å². The lowest BCUT2D eigenvalue weighted by molar-refractivity contribution is -0.0521. The number of fused-ring (bicyclic) bond motifs is 1. The summed E-state index contributed by atoms with van der Waals surface area (Å²) >= 11 is 0. The van der Waals surface area contributed by atoms with Gasteiger partial charge in [0.2, 0.25) is 0 Å². The van der Waals surface area contributed by atoms with E-state index >= 15 is 0 Å². The maximum atomic E-state index is 2.58. The molecule has 4 fully saturated rings. The van der Waals surface area contributed by atoms with E-state index < -0.39 is 0 Å². The van der Waals surface area contributed by atoms with Crippen molar-refractivity contribution < 1.29 is 0 Å². The molecule has 0 heterocycles. The van der Waals surface area contributed by atoms with Crippen LogP contribution in [0.5, 0.6) is 0 Å². The molecule has 0 nitrogen and oxygen atoms in total. The minimum Gasteiger partial charge on any atom is -0.0646 e.